The van der Waals surface area contributed by atoms with E-state index in [4.69, 9.17) is 0 Å². The number of benzene rings is 2. The Balaban J connectivity index is 1.70. The van der Waals surface area contributed by atoms with Gasteiger partial charge in [0.25, 0.3) is 0 Å². The van der Waals surface area contributed by atoms with Crippen LogP contribution in [0.25, 0.3) is 10.8 Å². The molecule has 1 atom stereocenters. The van der Waals surface area contributed by atoms with Crippen molar-refractivity contribution in [2.24, 2.45) is 5.41 Å². The normalized spacial score (nSPS) is 18.7. The van der Waals surface area contributed by atoms with Crippen LogP contribution in [0.1, 0.15) is 51.1 Å². The number of rotatable bonds is 5. The topological polar surface area (TPSA) is 12.0 Å². The molecule has 0 saturated heterocycles. The molecule has 0 amide bonds. The van der Waals surface area contributed by atoms with Crippen LogP contribution in [0.5, 0.6) is 0 Å². The first-order valence-corrected chi connectivity index (χ1v) is 7.94. The van der Waals surface area contributed by atoms with Crippen LogP contribution in [0.2, 0.25) is 0 Å². The molecule has 1 aliphatic carbocycles. The fourth-order valence-electron chi connectivity index (χ4n) is 3.30. The molecule has 0 spiro atoms. The van der Waals surface area contributed by atoms with Crippen molar-refractivity contribution in [1.82, 2.24) is 5.32 Å². The van der Waals surface area contributed by atoms with Crippen molar-refractivity contribution in [2.75, 3.05) is 6.54 Å². The maximum Gasteiger partial charge on any atom is 0.0292 e. The van der Waals surface area contributed by atoms with E-state index in [1.165, 1.54) is 42.0 Å². The minimum absolute atomic E-state index is 0.434. The summed E-state index contributed by atoms with van der Waals surface area (Å²) < 4.78 is 0. The van der Waals surface area contributed by atoms with Gasteiger partial charge in [0.2, 0.25) is 0 Å². The van der Waals surface area contributed by atoms with E-state index in [1.54, 1.807) is 0 Å². The van der Waals surface area contributed by atoms with Gasteiger partial charge in [0.15, 0.2) is 0 Å². The van der Waals surface area contributed by atoms with Gasteiger partial charge in [-0.2, -0.15) is 0 Å². The van der Waals surface area contributed by atoms with Gasteiger partial charge in [-0.15, -0.1) is 0 Å². The summed E-state index contributed by atoms with van der Waals surface area (Å²) in [6.07, 6.45) is 5.53. The summed E-state index contributed by atoms with van der Waals surface area (Å²) in [5.41, 5.74) is 1.99. The van der Waals surface area contributed by atoms with Crippen molar-refractivity contribution < 1.29 is 0 Å². The molecule has 1 heteroatoms. The maximum absolute atomic E-state index is 3.76. The number of hydrogen-bond donors (Lipinski definition) is 1. The van der Waals surface area contributed by atoms with E-state index < -0.39 is 0 Å². The van der Waals surface area contributed by atoms with Crippen LogP contribution in [0.3, 0.4) is 0 Å². The Bertz CT molecular complexity index is 578. The smallest absolute Gasteiger partial charge is 0.0292 e. The Morgan fingerprint density at radius 2 is 1.85 bits per heavy atom. The van der Waals surface area contributed by atoms with Crippen molar-refractivity contribution >= 4 is 10.8 Å². The van der Waals surface area contributed by atoms with Gasteiger partial charge < -0.3 is 5.32 Å². The second-order valence-electron chi connectivity index (χ2n) is 6.42. The molecular formula is C19H25N. The average Bonchev–Trinajstić information content (AvgIpc) is 2.46. The molecule has 0 heterocycles. The summed E-state index contributed by atoms with van der Waals surface area (Å²) in [7, 11) is 0. The van der Waals surface area contributed by atoms with Gasteiger partial charge in [0.1, 0.15) is 0 Å². The Hall–Kier alpha value is -1.34. The summed E-state index contributed by atoms with van der Waals surface area (Å²) in [4.78, 5) is 0. The first kappa shape index (κ1) is 13.6. The van der Waals surface area contributed by atoms with Gasteiger partial charge in [-0.05, 0) is 54.0 Å². The van der Waals surface area contributed by atoms with Crippen LogP contribution < -0.4 is 5.32 Å². The predicted molar refractivity (Wildman–Crippen MR) is 86.9 cm³/mol. The van der Waals surface area contributed by atoms with Gasteiger partial charge in [0.05, 0.1) is 0 Å². The molecule has 1 unspecified atom stereocenters. The third kappa shape index (κ3) is 2.60. The van der Waals surface area contributed by atoms with Gasteiger partial charge in [-0.3, -0.25) is 0 Å². The molecule has 1 nitrogen and oxygen atoms in total. The Kier molecular flexibility index (Phi) is 3.80. The monoisotopic (exact) mass is 267 g/mol. The average molecular weight is 267 g/mol. The van der Waals surface area contributed by atoms with Crippen LogP contribution in [0.15, 0.2) is 42.5 Å². The Labute approximate surface area is 122 Å². The second kappa shape index (κ2) is 5.57. The van der Waals surface area contributed by atoms with Crippen molar-refractivity contribution in [1.29, 1.82) is 0 Å². The lowest BCUT2D eigenvalue weighted by Crippen LogP contribution is -2.40. The molecule has 0 radical (unpaired) electrons. The minimum Gasteiger partial charge on any atom is -0.310 e. The minimum atomic E-state index is 0.434. The highest BCUT2D eigenvalue weighted by molar-refractivity contribution is 5.83. The van der Waals surface area contributed by atoms with E-state index in [2.05, 4.69) is 61.6 Å². The molecule has 1 saturated carbocycles. The van der Waals surface area contributed by atoms with Crippen LogP contribution in [-0.2, 0) is 0 Å². The van der Waals surface area contributed by atoms with E-state index in [-0.39, 0.29) is 0 Å². The molecule has 1 N–H and O–H groups in total. The quantitative estimate of drug-likeness (QED) is 0.797. The van der Waals surface area contributed by atoms with E-state index in [1.807, 2.05) is 0 Å². The summed E-state index contributed by atoms with van der Waals surface area (Å²) >= 11 is 0. The predicted octanol–water partition coefficient (Wildman–Crippen LogP) is 5.07. The molecule has 1 aliphatic rings. The van der Waals surface area contributed by atoms with Crippen molar-refractivity contribution in [3.63, 3.8) is 0 Å². The number of hydrogen-bond acceptors (Lipinski definition) is 1. The summed E-state index contributed by atoms with van der Waals surface area (Å²) in [5, 5.41) is 6.42. The lowest BCUT2D eigenvalue weighted by atomic mass is 9.67. The molecule has 0 bridgehead atoms. The second-order valence-corrected chi connectivity index (χ2v) is 6.42. The molecule has 0 aromatic heterocycles. The largest absolute Gasteiger partial charge is 0.310 e. The molecule has 2 aromatic carbocycles. The standard InChI is InChI=1S/C19H25N/c1-3-19(11-6-12-19)14-20-15(2)17-10-9-16-7-4-5-8-18(16)13-17/h4-5,7-10,13,15,20H,3,6,11-12,14H2,1-2H3. The maximum atomic E-state index is 3.76. The summed E-state index contributed by atoms with van der Waals surface area (Å²) in [6, 6.07) is 15.9. The fraction of sp³-hybridized carbons (Fsp3) is 0.474. The summed E-state index contributed by atoms with van der Waals surface area (Å²) in [6.45, 7) is 5.78. The third-order valence-corrected chi connectivity index (χ3v) is 5.22. The van der Waals surface area contributed by atoms with E-state index in [0.717, 1.165) is 6.54 Å². The van der Waals surface area contributed by atoms with Crippen LogP contribution in [0, 0.1) is 5.41 Å². The van der Waals surface area contributed by atoms with Crippen molar-refractivity contribution in [3.05, 3.63) is 48.0 Å². The summed E-state index contributed by atoms with van der Waals surface area (Å²) in [5.74, 6) is 0. The zero-order valence-corrected chi connectivity index (χ0v) is 12.7. The van der Waals surface area contributed by atoms with Crippen molar-refractivity contribution in [3.8, 4) is 0 Å². The zero-order chi connectivity index (χ0) is 14.0. The first-order valence-electron chi connectivity index (χ1n) is 7.94. The lowest BCUT2D eigenvalue weighted by molar-refractivity contribution is 0.120. The highest BCUT2D eigenvalue weighted by Gasteiger charge is 2.34. The zero-order valence-electron chi connectivity index (χ0n) is 12.7. The van der Waals surface area contributed by atoms with E-state index in [9.17, 15) is 0 Å². The molecule has 2 aromatic rings. The number of nitrogens with one attached hydrogen (secondary N) is 1. The Morgan fingerprint density at radius 1 is 1.10 bits per heavy atom. The van der Waals surface area contributed by atoms with Crippen molar-refractivity contribution in [2.45, 2.75) is 45.6 Å². The Morgan fingerprint density at radius 3 is 2.50 bits per heavy atom. The highest BCUT2D eigenvalue weighted by Crippen LogP contribution is 2.43. The van der Waals surface area contributed by atoms with Crippen LogP contribution in [-0.4, -0.2) is 6.54 Å². The van der Waals surface area contributed by atoms with Gasteiger partial charge in [-0.1, -0.05) is 49.7 Å². The fourth-order valence-corrected chi connectivity index (χ4v) is 3.30. The van der Waals surface area contributed by atoms with Gasteiger partial charge in [-0.25, -0.2) is 0 Å². The third-order valence-electron chi connectivity index (χ3n) is 5.22. The first-order chi connectivity index (χ1) is 9.72. The molecule has 1 fully saturated rings. The van der Waals surface area contributed by atoms with Gasteiger partial charge in [0, 0.05) is 12.6 Å². The SMILES string of the molecule is CCC1(CNC(C)c2ccc3ccccc3c2)CCC1. The molecule has 3 rings (SSSR count). The van der Waals surface area contributed by atoms with Crippen LogP contribution in [0.4, 0.5) is 0 Å². The molecule has 20 heavy (non-hydrogen) atoms. The molecule has 106 valence electrons. The van der Waals surface area contributed by atoms with Crippen LogP contribution >= 0.6 is 0 Å². The van der Waals surface area contributed by atoms with Gasteiger partial charge >= 0.3 is 0 Å². The molecule has 0 aliphatic heterocycles. The van der Waals surface area contributed by atoms with E-state index in [0.29, 0.717) is 11.5 Å². The molecular weight excluding hydrogens is 242 g/mol. The van der Waals surface area contributed by atoms with E-state index >= 15 is 0 Å². The lowest BCUT2D eigenvalue weighted by Gasteiger charge is -2.42. The number of fused-ring (bicyclic) bond motifs is 1. The highest BCUT2D eigenvalue weighted by atomic mass is 14.9.